The van der Waals surface area contributed by atoms with E-state index in [4.69, 9.17) is 11.6 Å². The van der Waals surface area contributed by atoms with Crippen LogP contribution >= 0.6 is 11.6 Å². The van der Waals surface area contributed by atoms with Crippen molar-refractivity contribution < 1.29 is 13.9 Å². The van der Waals surface area contributed by atoms with Crippen LogP contribution in [0.5, 0.6) is 5.75 Å². The summed E-state index contributed by atoms with van der Waals surface area (Å²) < 4.78 is 28.8. The van der Waals surface area contributed by atoms with E-state index < -0.39 is 6.43 Å². The Balaban J connectivity index is 1.78. The Morgan fingerprint density at radius 2 is 2.07 bits per heavy atom. The van der Waals surface area contributed by atoms with Crippen molar-refractivity contribution in [3.8, 4) is 17.0 Å². The second-order valence-electron chi connectivity index (χ2n) is 6.84. The summed E-state index contributed by atoms with van der Waals surface area (Å²) in [6.45, 7) is 1.95. The zero-order chi connectivity index (χ0) is 19.1. The Kier molecular flexibility index (Phi) is 4.69. The fourth-order valence-corrected chi connectivity index (χ4v) is 3.87. The summed E-state index contributed by atoms with van der Waals surface area (Å²) in [5.74, 6) is -0.361. The summed E-state index contributed by atoms with van der Waals surface area (Å²) in [6.07, 6.45) is 1.01. The maximum absolute atomic E-state index is 13.4. The molecule has 1 aliphatic heterocycles. The highest BCUT2D eigenvalue weighted by Gasteiger charge is 2.24. The van der Waals surface area contributed by atoms with Gasteiger partial charge in [-0.05, 0) is 44.6 Å². The summed E-state index contributed by atoms with van der Waals surface area (Å²) in [5, 5.41) is 18.5. The first-order valence-corrected chi connectivity index (χ1v) is 9.01. The van der Waals surface area contributed by atoms with Crippen molar-refractivity contribution >= 4 is 22.8 Å². The van der Waals surface area contributed by atoms with Crippen molar-refractivity contribution in [2.24, 2.45) is 0 Å². The number of imidazole rings is 1. The molecule has 3 aromatic rings. The number of aromatic nitrogens is 4. The molecule has 1 saturated heterocycles. The summed E-state index contributed by atoms with van der Waals surface area (Å²) in [5.41, 5.74) is 0.824. The van der Waals surface area contributed by atoms with Crippen LogP contribution in [0.3, 0.4) is 0 Å². The Labute approximate surface area is 159 Å². The van der Waals surface area contributed by atoms with Crippen LogP contribution in [0.4, 0.5) is 8.78 Å². The van der Waals surface area contributed by atoms with Crippen LogP contribution in [0.25, 0.3) is 22.4 Å². The molecule has 0 unspecified atom stereocenters. The molecular formula is C18H18ClF2N5O. The molecule has 2 aromatic heterocycles. The van der Waals surface area contributed by atoms with Gasteiger partial charge in [0, 0.05) is 23.2 Å². The molecule has 0 saturated carbocycles. The highest BCUT2D eigenvalue weighted by atomic mass is 35.5. The van der Waals surface area contributed by atoms with Crippen LogP contribution < -0.4 is 0 Å². The predicted octanol–water partition coefficient (Wildman–Crippen LogP) is 4.06. The van der Waals surface area contributed by atoms with Gasteiger partial charge in [0.05, 0.1) is 17.6 Å². The predicted molar refractivity (Wildman–Crippen MR) is 98.2 cm³/mol. The van der Waals surface area contributed by atoms with E-state index in [1.165, 1.54) is 6.07 Å². The van der Waals surface area contributed by atoms with Gasteiger partial charge in [0.2, 0.25) is 0 Å². The van der Waals surface area contributed by atoms with Crippen molar-refractivity contribution in [2.75, 3.05) is 20.1 Å². The lowest BCUT2D eigenvalue weighted by Crippen LogP contribution is -2.33. The summed E-state index contributed by atoms with van der Waals surface area (Å²) in [7, 11) is 2.07. The van der Waals surface area contributed by atoms with Crippen molar-refractivity contribution in [3.63, 3.8) is 0 Å². The molecular weight excluding hydrogens is 376 g/mol. The molecule has 1 N–H and O–H groups in total. The Hall–Kier alpha value is -2.32. The molecule has 142 valence electrons. The van der Waals surface area contributed by atoms with Crippen LogP contribution in [0.2, 0.25) is 5.02 Å². The molecule has 0 bridgehead atoms. The number of halogens is 3. The van der Waals surface area contributed by atoms with Crippen molar-refractivity contribution in [2.45, 2.75) is 25.3 Å². The molecule has 9 heteroatoms. The molecule has 4 rings (SSSR count). The SMILES string of the molecule is CN1CCC[C@@H](n2cnc3cc(-c4c(O)cc(Cl)cc4C(F)F)nnc32)C1. The Morgan fingerprint density at radius 3 is 2.81 bits per heavy atom. The first-order valence-electron chi connectivity index (χ1n) is 8.63. The Bertz CT molecular complexity index is 993. The van der Waals surface area contributed by atoms with Crippen LogP contribution in [0.1, 0.15) is 30.9 Å². The summed E-state index contributed by atoms with van der Waals surface area (Å²) >= 11 is 5.80. The van der Waals surface area contributed by atoms with Crippen LogP contribution in [-0.4, -0.2) is 49.9 Å². The minimum Gasteiger partial charge on any atom is -0.507 e. The number of piperidine rings is 1. The molecule has 1 atom stereocenters. The largest absolute Gasteiger partial charge is 0.507 e. The van der Waals surface area contributed by atoms with E-state index >= 15 is 0 Å². The minimum absolute atomic E-state index is 0.0336. The number of rotatable bonds is 3. The average Bonchev–Trinajstić information content (AvgIpc) is 3.04. The molecule has 27 heavy (non-hydrogen) atoms. The first-order chi connectivity index (χ1) is 12.9. The lowest BCUT2D eigenvalue weighted by Gasteiger charge is -2.30. The fraction of sp³-hybridized carbons (Fsp3) is 0.389. The highest BCUT2D eigenvalue weighted by Crippen LogP contribution is 2.39. The molecule has 1 fully saturated rings. The van der Waals surface area contributed by atoms with Crippen LogP contribution in [-0.2, 0) is 0 Å². The second kappa shape index (κ2) is 7.01. The van der Waals surface area contributed by atoms with Gasteiger partial charge in [0.25, 0.3) is 6.43 Å². The number of hydrogen-bond acceptors (Lipinski definition) is 5. The number of nitrogens with zero attached hydrogens (tertiary/aromatic N) is 5. The van der Waals surface area contributed by atoms with E-state index in [2.05, 4.69) is 27.1 Å². The number of aromatic hydroxyl groups is 1. The highest BCUT2D eigenvalue weighted by molar-refractivity contribution is 6.31. The number of hydrogen-bond donors (Lipinski definition) is 1. The Morgan fingerprint density at radius 1 is 1.26 bits per heavy atom. The number of benzene rings is 1. The van der Waals surface area contributed by atoms with Crippen molar-refractivity contribution in [1.82, 2.24) is 24.6 Å². The smallest absolute Gasteiger partial charge is 0.264 e. The van der Waals surface area contributed by atoms with Gasteiger partial charge < -0.3 is 14.6 Å². The topological polar surface area (TPSA) is 67.1 Å². The van der Waals surface area contributed by atoms with Gasteiger partial charge in [-0.15, -0.1) is 10.2 Å². The van der Waals surface area contributed by atoms with Gasteiger partial charge >= 0.3 is 0 Å². The fourth-order valence-electron chi connectivity index (χ4n) is 3.65. The third-order valence-corrected chi connectivity index (χ3v) is 5.14. The van der Waals surface area contributed by atoms with Gasteiger partial charge in [-0.2, -0.15) is 0 Å². The van der Waals surface area contributed by atoms with Crippen LogP contribution in [0.15, 0.2) is 24.5 Å². The molecule has 3 heterocycles. The van der Waals surface area contributed by atoms with E-state index in [0.717, 1.165) is 32.0 Å². The monoisotopic (exact) mass is 393 g/mol. The molecule has 0 aliphatic carbocycles. The standard InChI is InChI=1S/C18H18ClF2N5O/c1-25-4-2-3-11(8-25)26-9-22-14-7-13(23-24-18(14)26)16-12(17(20)21)5-10(19)6-15(16)27/h5-7,9,11,17,27H,2-4,8H2,1H3/t11-/m1/s1. The van der Waals surface area contributed by atoms with Gasteiger partial charge in [0.15, 0.2) is 5.65 Å². The van der Waals surface area contributed by atoms with E-state index in [1.54, 1.807) is 12.4 Å². The lowest BCUT2D eigenvalue weighted by molar-refractivity contribution is 0.151. The zero-order valence-corrected chi connectivity index (χ0v) is 15.4. The van der Waals surface area contributed by atoms with E-state index in [9.17, 15) is 13.9 Å². The van der Waals surface area contributed by atoms with Crippen molar-refractivity contribution in [1.29, 1.82) is 0 Å². The number of fused-ring (bicyclic) bond motifs is 1. The van der Waals surface area contributed by atoms with Gasteiger partial charge in [-0.25, -0.2) is 13.8 Å². The van der Waals surface area contributed by atoms with E-state index in [1.807, 2.05) is 4.57 Å². The number of likely N-dealkylation sites (N-methyl/N-ethyl adjacent to an activating group) is 1. The number of likely N-dealkylation sites (tertiary alicyclic amines) is 1. The normalized spacial score (nSPS) is 18.5. The minimum atomic E-state index is -2.81. The lowest BCUT2D eigenvalue weighted by atomic mass is 10.0. The quantitative estimate of drug-likeness (QED) is 0.727. The van der Waals surface area contributed by atoms with E-state index in [-0.39, 0.29) is 33.6 Å². The zero-order valence-electron chi connectivity index (χ0n) is 14.6. The average molecular weight is 394 g/mol. The molecule has 1 aromatic carbocycles. The molecule has 6 nitrogen and oxygen atoms in total. The second-order valence-corrected chi connectivity index (χ2v) is 7.27. The maximum atomic E-state index is 13.4. The number of alkyl halides is 2. The van der Waals surface area contributed by atoms with E-state index in [0.29, 0.717) is 11.2 Å². The third kappa shape index (κ3) is 3.35. The molecule has 0 amide bonds. The number of phenols is 1. The summed E-state index contributed by atoms with van der Waals surface area (Å²) in [6, 6.07) is 4.16. The van der Waals surface area contributed by atoms with Crippen LogP contribution in [0, 0.1) is 0 Å². The van der Waals surface area contributed by atoms with Crippen molar-refractivity contribution in [3.05, 3.63) is 35.1 Å². The summed E-state index contributed by atoms with van der Waals surface area (Å²) in [4.78, 5) is 6.63. The maximum Gasteiger partial charge on any atom is 0.264 e. The number of phenolic OH excluding ortho intramolecular Hbond substituents is 1. The molecule has 1 aliphatic rings. The molecule has 0 spiro atoms. The third-order valence-electron chi connectivity index (χ3n) is 4.92. The molecule has 0 radical (unpaired) electrons. The van der Waals surface area contributed by atoms with Gasteiger partial charge in [-0.1, -0.05) is 11.6 Å². The van der Waals surface area contributed by atoms with Gasteiger partial charge in [-0.3, -0.25) is 0 Å². The van der Waals surface area contributed by atoms with Gasteiger partial charge in [0.1, 0.15) is 11.3 Å². The first kappa shape index (κ1) is 18.1.